The molecule has 1 saturated heterocycles. The minimum atomic E-state index is -1.85. The number of imidazole rings is 1. The number of benzene rings is 1. The first-order chi connectivity index (χ1) is 15.0. The number of hydrogen-bond donors (Lipinski definition) is 1. The average molecular weight is 511 g/mol. The predicted molar refractivity (Wildman–Crippen MR) is 120 cm³/mol. The maximum absolute atomic E-state index is 13.9. The molecule has 2 fully saturated rings. The number of piperazine rings is 1. The number of amides is 2. The summed E-state index contributed by atoms with van der Waals surface area (Å²) in [6.45, 7) is 3.54. The lowest BCUT2D eigenvalue weighted by molar-refractivity contribution is -0.138. The monoisotopic (exact) mass is 510 g/mol. The number of aryl methyl sites for hydroxylation is 1. The zero-order valence-electron chi connectivity index (χ0n) is 18.5. The van der Waals surface area contributed by atoms with Crippen molar-refractivity contribution in [3.05, 3.63) is 22.4 Å². The molecule has 10 heteroatoms. The lowest BCUT2D eigenvalue weighted by atomic mass is 9.91. The van der Waals surface area contributed by atoms with Gasteiger partial charge in [0.1, 0.15) is 17.8 Å². The number of ether oxygens (including phenoxy) is 1. The molecular weight excluding hydrogens is 483 g/mol. The lowest BCUT2D eigenvalue weighted by Crippen LogP contribution is -2.56. The zero-order valence-corrected chi connectivity index (χ0v) is 20.1. The number of carbonyl (C=O) groups excluding carboxylic acids is 2. The second-order valence-corrected chi connectivity index (χ2v) is 9.86. The van der Waals surface area contributed by atoms with Gasteiger partial charge in [-0.2, -0.15) is 4.39 Å². The molecule has 1 aliphatic heterocycles. The van der Waals surface area contributed by atoms with E-state index in [1.165, 1.54) is 18.7 Å². The van der Waals surface area contributed by atoms with E-state index in [-0.39, 0.29) is 36.3 Å². The molecule has 1 aromatic heterocycles. The van der Waals surface area contributed by atoms with Crippen LogP contribution in [0.5, 0.6) is 5.75 Å². The third kappa shape index (κ3) is 4.61. The molecule has 32 heavy (non-hydrogen) atoms. The van der Waals surface area contributed by atoms with Crippen LogP contribution >= 0.6 is 15.9 Å². The number of rotatable bonds is 4. The molecule has 174 valence electrons. The van der Waals surface area contributed by atoms with E-state index in [0.717, 1.165) is 12.8 Å². The van der Waals surface area contributed by atoms with Crippen molar-refractivity contribution in [1.29, 1.82) is 0 Å². The largest absolute Gasteiger partial charge is 0.458 e. The van der Waals surface area contributed by atoms with E-state index in [9.17, 15) is 19.1 Å². The normalized spacial score (nSPS) is 22.5. The van der Waals surface area contributed by atoms with Crippen molar-refractivity contribution < 1.29 is 23.8 Å². The van der Waals surface area contributed by atoms with Gasteiger partial charge >= 0.3 is 0 Å². The number of hydrogen-bond acceptors (Lipinski definition) is 5. The molecule has 2 aromatic rings. The molecule has 1 saturated carbocycles. The summed E-state index contributed by atoms with van der Waals surface area (Å²) in [5.41, 5.74) is 1.18. The first-order valence-electron chi connectivity index (χ1n) is 10.8. The van der Waals surface area contributed by atoms with Crippen LogP contribution in [0.25, 0.3) is 11.0 Å². The van der Waals surface area contributed by atoms with Crippen LogP contribution in [0.1, 0.15) is 50.1 Å². The molecule has 0 atom stereocenters. The molecule has 2 aliphatic rings. The Balaban J connectivity index is 1.52. The minimum Gasteiger partial charge on any atom is -0.458 e. The van der Waals surface area contributed by atoms with Crippen LogP contribution < -0.4 is 4.74 Å². The van der Waals surface area contributed by atoms with E-state index in [1.54, 1.807) is 23.7 Å². The predicted octanol–water partition coefficient (Wildman–Crippen LogP) is 3.01. The molecule has 2 amide bonds. The minimum absolute atomic E-state index is 0.00661. The third-order valence-electron chi connectivity index (χ3n) is 6.12. The summed E-state index contributed by atoms with van der Waals surface area (Å²) in [7, 11) is 1.71. The summed E-state index contributed by atoms with van der Waals surface area (Å²) >= 11 is 3.43. The Bertz CT molecular complexity index is 1040. The van der Waals surface area contributed by atoms with Gasteiger partial charge in [0, 0.05) is 50.6 Å². The number of aliphatic hydroxyl groups is 1. The Kier molecular flexibility index (Phi) is 6.19. The molecule has 0 unspecified atom stereocenters. The van der Waals surface area contributed by atoms with Crippen LogP contribution in [-0.4, -0.2) is 73.9 Å². The van der Waals surface area contributed by atoms with Crippen LogP contribution in [0.2, 0.25) is 0 Å². The SMILES string of the molecule is Cn1c(C(=O)N2CCN(C3CCC(O)CC3)C(=O)C2)nc2c(Br)cc(OC(C)(C)F)cc21. The summed E-state index contributed by atoms with van der Waals surface area (Å²) < 4.78 is 21.5. The van der Waals surface area contributed by atoms with Gasteiger partial charge in [-0.05, 0) is 47.7 Å². The second-order valence-electron chi connectivity index (χ2n) is 9.01. The first-order valence-corrected chi connectivity index (χ1v) is 11.6. The molecule has 4 rings (SSSR count). The van der Waals surface area contributed by atoms with Crippen LogP contribution in [0, 0.1) is 0 Å². The van der Waals surface area contributed by atoms with Gasteiger partial charge in [0.15, 0.2) is 5.82 Å². The fourth-order valence-electron chi connectivity index (χ4n) is 4.51. The fraction of sp³-hybridized carbons (Fsp3) is 0.591. The first kappa shape index (κ1) is 23.0. The second kappa shape index (κ2) is 8.62. The van der Waals surface area contributed by atoms with E-state index in [2.05, 4.69) is 20.9 Å². The number of nitrogens with zero attached hydrogens (tertiary/aromatic N) is 4. The van der Waals surface area contributed by atoms with Crippen LogP contribution in [0.15, 0.2) is 16.6 Å². The van der Waals surface area contributed by atoms with Gasteiger partial charge in [-0.1, -0.05) is 0 Å². The van der Waals surface area contributed by atoms with E-state index < -0.39 is 5.85 Å². The topological polar surface area (TPSA) is 87.9 Å². The van der Waals surface area contributed by atoms with Crippen LogP contribution in [-0.2, 0) is 11.8 Å². The van der Waals surface area contributed by atoms with Crippen LogP contribution in [0.3, 0.4) is 0 Å². The van der Waals surface area contributed by atoms with Gasteiger partial charge in [0.25, 0.3) is 5.91 Å². The standard InChI is InChI=1S/C22H28BrFN4O4/c1-22(2,24)32-15-10-16(23)19-17(11-15)26(3)20(25-19)21(31)27-8-9-28(18(30)12-27)13-4-6-14(29)7-5-13/h10-11,13-14,29H,4-9,12H2,1-3H3. The molecular formula is C22H28BrFN4O4. The Morgan fingerprint density at radius 2 is 1.94 bits per heavy atom. The number of halogens is 2. The number of aliphatic hydroxyl groups excluding tert-OH is 1. The molecule has 1 N–H and O–H groups in total. The van der Waals surface area contributed by atoms with Gasteiger partial charge in [-0.25, -0.2) is 4.98 Å². The summed E-state index contributed by atoms with van der Waals surface area (Å²) in [6.07, 6.45) is 2.72. The van der Waals surface area contributed by atoms with Crippen molar-refractivity contribution in [2.45, 2.75) is 57.5 Å². The summed E-state index contributed by atoms with van der Waals surface area (Å²) in [5, 5.41) is 9.71. The molecule has 2 heterocycles. The van der Waals surface area contributed by atoms with Gasteiger partial charge in [-0.3, -0.25) is 9.59 Å². The number of aromatic nitrogens is 2. The van der Waals surface area contributed by atoms with Crippen molar-refractivity contribution in [3.63, 3.8) is 0 Å². The molecule has 0 bridgehead atoms. The maximum Gasteiger partial charge on any atom is 0.290 e. The van der Waals surface area contributed by atoms with Crippen LogP contribution in [0.4, 0.5) is 4.39 Å². The molecule has 0 spiro atoms. The average Bonchev–Trinajstić information content (AvgIpc) is 3.04. The fourth-order valence-corrected chi connectivity index (χ4v) is 5.03. The third-order valence-corrected chi connectivity index (χ3v) is 6.72. The van der Waals surface area contributed by atoms with E-state index in [1.807, 2.05) is 4.90 Å². The van der Waals surface area contributed by atoms with Gasteiger partial charge in [-0.15, -0.1) is 0 Å². The highest BCUT2D eigenvalue weighted by atomic mass is 79.9. The van der Waals surface area contributed by atoms with E-state index in [4.69, 9.17) is 4.74 Å². The molecule has 0 radical (unpaired) electrons. The highest BCUT2D eigenvalue weighted by Crippen LogP contribution is 2.32. The Morgan fingerprint density at radius 3 is 2.56 bits per heavy atom. The smallest absolute Gasteiger partial charge is 0.290 e. The highest BCUT2D eigenvalue weighted by Gasteiger charge is 2.35. The Morgan fingerprint density at radius 1 is 1.25 bits per heavy atom. The summed E-state index contributed by atoms with van der Waals surface area (Å²) in [6, 6.07) is 3.40. The Labute approximate surface area is 194 Å². The summed E-state index contributed by atoms with van der Waals surface area (Å²) in [5.74, 6) is -1.72. The van der Waals surface area contributed by atoms with Gasteiger partial charge in [0.05, 0.1) is 11.6 Å². The number of carbonyl (C=O) groups is 2. The highest BCUT2D eigenvalue weighted by molar-refractivity contribution is 9.10. The lowest BCUT2D eigenvalue weighted by Gasteiger charge is -2.41. The van der Waals surface area contributed by atoms with Crippen molar-refractivity contribution >= 4 is 38.8 Å². The van der Waals surface area contributed by atoms with E-state index in [0.29, 0.717) is 47.2 Å². The van der Waals surface area contributed by atoms with Crippen molar-refractivity contribution in [2.24, 2.45) is 7.05 Å². The van der Waals surface area contributed by atoms with Crippen molar-refractivity contribution in [1.82, 2.24) is 19.4 Å². The number of fused-ring (bicyclic) bond motifs is 1. The van der Waals surface area contributed by atoms with Gasteiger partial charge in [0.2, 0.25) is 11.8 Å². The Hall–Kier alpha value is -2.20. The molecule has 1 aromatic carbocycles. The quantitative estimate of drug-likeness (QED) is 0.682. The number of alkyl halides is 1. The van der Waals surface area contributed by atoms with E-state index >= 15 is 0 Å². The van der Waals surface area contributed by atoms with Crippen molar-refractivity contribution in [2.75, 3.05) is 19.6 Å². The summed E-state index contributed by atoms with van der Waals surface area (Å²) in [4.78, 5) is 33.9. The molecule has 1 aliphatic carbocycles. The molecule has 8 nitrogen and oxygen atoms in total. The van der Waals surface area contributed by atoms with Gasteiger partial charge < -0.3 is 24.2 Å². The van der Waals surface area contributed by atoms with Crippen molar-refractivity contribution in [3.8, 4) is 5.75 Å². The zero-order chi connectivity index (χ0) is 23.2. The maximum atomic E-state index is 13.9.